The van der Waals surface area contributed by atoms with Crippen LogP contribution in [-0.4, -0.2) is 69.8 Å². The van der Waals surface area contributed by atoms with E-state index >= 15 is 0 Å². The van der Waals surface area contributed by atoms with Gasteiger partial charge in [-0.1, -0.05) is 17.8 Å². The van der Waals surface area contributed by atoms with E-state index in [4.69, 9.17) is 14.5 Å². The van der Waals surface area contributed by atoms with Crippen molar-refractivity contribution in [3.8, 4) is 0 Å². The molecule has 0 unspecified atom stereocenters. The van der Waals surface area contributed by atoms with Crippen LogP contribution in [-0.2, 0) is 21.8 Å². The third kappa shape index (κ3) is 5.03. The summed E-state index contributed by atoms with van der Waals surface area (Å²) in [5, 5.41) is 0.925. The molecule has 0 amide bonds. The second-order valence-electron chi connectivity index (χ2n) is 8.33. The van der Waals surface area contributed by atoms with Crippen molar-refractivity contribution in [2.45, 2.75) is 17.5 Å². The number of fused-ring (bicyclic) bond motifs is 2. The van der Waals surface area contributed by atoms with Gasteiger partial charge in [0.2, 0.25) is 0 Å². The maximum atomic E-state index is 13.5. The zero-order chi connectivity index (χ0) is 25.1. The first-order valence-electron chi connectivity index (χ1n) is 11.6. The number of carbonyl (C=O) groups is 1. The molecular weight excluding hydrogens is 482 g/mol. The van der Waals surface area contributed by atoms with Gasteiger partial charge in [0.05, 0.1) is 42.5 Å². The molecule has 0 bridgehead atoms. The van der Waals surface area contributed by atoms with E-state index in [1.165, 1.54) is 29.3 Å². The lowest BCUT2D eigenvalue weighted by atomic mass is 10.1. The predicted molar refractivity (Wildman–Crippen MR) is 136 cm³/mol. The zero-order valence-electron chi connectivity index (χ0n) is 19.8. The quantitative estimate of drug-likeness (QED) is 0.210. The number of thioether (sulfide) groups is 1. The number of pyridine rings is 1. The fourth-order valence-electron chi connectivity index (χ4n) is 4.13. The first-order valence-corrected chi connectivity index (χ1v) is 12.6. The van der Waals surface area contributed by atoms with E-state index in [2.05, 4.69) is 9.88 Å². The van der Waals surface area contributed by atoms with Crippen molar-refractivity contribution in [2.75, 3.05) is 40.0 Å². The molecule has 1 fully saturated rings. The van der Waals surface area contributed by atoms with Gasteiger partial charge in [-0.3, -0.25) is 23.5 Å². The Morgan fingerprint density at radius 3 is 2.72 bits per heavy atom. The maximum Gasteiger partial charge on any atom is 0.337 e. The van der Waals surface area contributed by atoms with Crippen molar-refractivity contribution in [2.24, 2.45) is 0 Å². The molecular formula is C25H25N5O5S. The summed E-state index contributed by atoms with van der Waals surface area (Å²) in [6.07, 6.45) is 1.68. The number of carbonyl (C=O) groups excluding carboxylic acids is 1. The second-order valence-corrected chi connectivity index (χ2v) is 9.27. The predicted octanol–water partition coefficient (Wildman–Crippen LogP) is 1.82. The SMILES string of the molecule is COC(=O)c1ccc2c(=O)n(CCN3CCOCC3)c(SCc3cc(=O)n4ccccc4n3)nc2c1. The molecule has 36 heavy (non-hydrogen) atoms. The Hall–Kier alpha value is -3.54. The molecule has 11 heteroatoms. The van der Waals surface area contributed by atoms with Gasteiger partial charge >= 0.3 is 5.97 Å². The standard InChI is InChI=1S/C25H25N5O5S/c1-34-24(33)17-5-6-19-20(14-17)27-25(30(23(19)32)9-8-28-10-12-35-13-11-28)36-16-18-15-22(31)29-7-3-2-4-21(29)26-18/h2-7,14-15H,8-13,16H2,1H3. The lowest BCUT2D eigenvalue weighted by molar-refractivity contribution is 0.0359. The zero-order valence-corrected chi connectivity index (χ0v) is 20.6. The molecule has 1 aromatic carbocycles. The summed E-state index contributed by atoms with van der Waals surface area (Å²) in [6, 6.07) is 11.6. The average Bonchev–Trinajstić information content (AvgIpc) is 2.91. The van der Waals surface area contributed by atoms with Gasteiger partial charge in [-0.15, -0.1) is 0 Å². The molecule has 0 saturated carbocycles. The largest absolute Gasteiger partial charge is 0.465 e. The second kappa shape index (κ2) is 10.6. The van der Waals surface area contributed by atoms with Crippen LogP contribution in [0.3, 0.4) is 0 Å². The van der Waals surface area contributed by atoms with Crippen LogP contribution in [0.4, 0.5) is 0 Å². The summed E-state index contributed by atoms with van der Waals surface area (Å²) in [5.74, 6) is -0.141. The van der Waals surface area contributed by atoms with Crippen molar-refractivity contribution < 1.29 is 14.3 Å². The van der Waals surface area contributed by atoms with Crippen molar-refractivity contribution >= 4 is 34.3 Å². The number of ether oxygens (including phenoxy) is 2. The first kappa shape index (κ1) is 24.2. The van der Waals surface area contributed by atoms with E-state index in [1.807, 2.05) is 6.07 Å². The molecule has 0 atom stereocenters. The third-order valence-electron chi connectivity index (χ3n) is 6.06. The van der Waals surface area contributed by atoms with E-state index in [-0.39, 0.29) is 11.1 Å². The van der Waals surface area contributed by atoms with E-state index < -0.39 is 5.97 Å². The summed E-state index contributed by atoms with van der Waals surface area (Å²) < 4.78 is 13.4. The van der Waals surface area contributed by atoms with E-state index in [0.717, 1.165) is 13.1 Å². The highest BCUT2D eigenvalue weighted by molar-refractivity contribution is 7.98. The van der Waals surface area contributed by atoms with Crippen LogP contribution >= 0.6 is 11.8 Å². The fraction of sp³-hybridized carbons (Fsp3) is 0.320. The smallest absolute Gasteiger partial charge is 0.337 e. The first-order chi connectivity index (χ1) is 17.5. The molecule has 10 nitrogen and oxygen atoms in total. The van der Waals surface area contributed by atoms with Crippen molar-refractivity contribution in [1.82, 2.24) is 23.8 Å². The molecule has 0 radical (unpaired) electrons. The van der Waals surface area contributed by atoms with Crippen LogP contribution in [0.1, 0.15) is 16.1 Å². The number of hydrogen-bond acceptors (Lipinski definition) is 9. The number of morpholine rings is 1. The molecule has 186 valence electrons. The number of nitrogens with zero attached hydrogens (tertiary/aromatic N) is 5. The number of rotatable bonds is 7. The molecule has 3 aromatic heterocycles. The van der Waals surface area contributed by atoms with Crippen molar-refractivity contribution in [3.05, 3.63) is 80.6 Å². The summed E-state index contributed by atoms with van der Waals surface area (Å²) in [6.45, 7) is 4.10. The highest BCUT2D eigenvalue weighted by atomic mass is 32.2. The number of hydrogen-bond donors (Lipinski definition) is 0. The van der Waals surface area contributed by atoms with Crippen LogP contribution < -0.4 is 11.1 Å². The van der Waals surface area contributed by atoms with Gasteiger partial charge in [0.1, 0.15) is 5.65 Å². The normalized spacial score (nSPS) is 14.4. The highest BCUT2D eigenvalue weighted by Gasteiger charge is 2.17. The Morgan fingerprint density at radius 1 is 1.08 bits per heavy atom. The van der Waals surface area contributed by atoms with Crippen LogP contribution in [0.2, 0.25) is 0 Å². The molecule has 1 saturated heterocycles. The van der Waals surface area contributed by atoms with E-state index in [0.29, 0.717) is 65.0 Å². The van der Waals surface area contributed by atoms with Crippen LogP contribution in [0.25, 0.3) is 16.6 Å². The lowest BCUT2D eigenvalue weighted by Crippen LogP contribution is -2.39. The average molecular weight is 508 g/mol. The molecule has 4 aromatic rings. The van der Waals surface area contributed by atoms with Gasteiger partial charge in [0.25, 0.3) is 11.1 Å². The molecule has 0 spiro atoms. The summed E-state index contributed by atoms with van der Waals surface area (Å²) in [7, 11) is 1.31. The number of esters is 1. The molecule has 5 rings (SSSR count). The Labute approximate surface area is 210 Å². The molecule has 1 aliphatic heterocycles. The van der Waals surface area contributed by atoms with Gasteiger partial charge in [0.15, 0.2) is 5.16 Å². The monoisotopic (exact) mass is 507 g/mol. The van der Waals surface area contributed by atoms with Gasteiger partial charge < -0.3 is 9.47 Å². The van der Waals surface area contributed by atoms with Crippen molar-refractivity contribution in [1.29, 1.82) is 0 Å². The maximum absolute atomic E-state index is 13.5. The van der Waals surface area contributed by atoms with Crippen LogP contribution in [0.5, 0.6) is 0 Å². The fourth-order valence-corrected chi connectivity index (χ4v) is 5.05. The van der Waals surface area contributed by atoms with Crippen LogP contribution in [0, 0.1) is 0 Å². The Balaban J connectivity index is 1.50. The van der Waals surface area contributed by atoms with Crippen LogP contribution in [0.15, 0.2) is 63.4 Å². The minimum Gasteiger partial charge on any atom is -0.465 e. The Kier molecular flexibility index (Phi) is 7.12. The summed E-state index contributed by atoms with van der Waals surface area (Å²) in [5.41, 5.74) is 1.53. The van der Waals surface area contributed by atoms with Gasteiger partial charge in [-0.25, -0.2) is 14.8 Å². The topological polar surface area (TPSA) is 108 Å². The third-order valence-corrected chi connectivity index (χ3v) is 7.07. The van der Waals surface area contributed by atoms with Crippen molar-refractivity contribution in [3.63, 3.8) is 0 Å². The Morgan fingerprint density at radius 2 is 1.92 bits per heavy atom. The number of methoxy groups -OCH3 is 1. The van der Waals surface area contributed by atoms with E-state index in [9.17, 15) is 14.4 Å². The molecule has 4 heterocycles. The van der Waals surface area contributed by atoms with Gasteiger partial charge in [-0.2, -0.15) is 0 Å². The minimum absolute atomic E-state index is 0.171. The van der Waals surface area contributed by atoms with E-state index in [1.54, 1.807) is 41.1 Å². The Bertz CT molecular complexity index is 1540. The summed E-state index contributed by atoms with van der Waals surface area (Å²) in [4.78, 5) is 49.6. The lowest BCUT2D eigenvalue weighted by Gasteiger charge is -2.27. The van der Waals surface area contributed by atoms with Gasteiger partial charge in [-0.05, 0) is 30.3 Å². The highest BCUT2D eigenvalue weighted by Crippen LogP contribution is 2.22. The number of benzene rings is 1. The molecule has 0 N–H and O–H groups in total. The molecule has 0 aliphatic carbocycles. The molecule has 1 aliphatic rings. The van der Waals surface area contributed by atoms with Gasteiger partial charge in [0, 0.05) is 44.2 Å². The summed E-state index contributed by atoms with van der Waals surface area (Å²) >= 11 is 1.33. The minimum atomic E-state index is -0.495. The number of aromatic nitrogens is 4.